The summed E-state index contributed by atoms with van der Waals surface area (Å²) in [4.78, 5) is 21.3. The zero-order chi connectivity index (χ0) is 13.7. The Labute approximate surface area is 114 Å². The van der Waals surface area contributed by atoms with Crippen LogP contribution in [0.1, 0.15) is 11.4 Å². The van der Waals surface area contributed by atoms with Gasteiger partial charge < -0.3 is 4.74 Å². The van der Waals surface area contributed by atoms with Crippen molar-refractivity contribution in [1.82, 2.24) is 14.5 Å². The third kappa shape index (κ3) is 1.40. The first kappa shape index (κ1) is 11.2. The number of aromatic nitrogens is 3. The van der Waals surface area contributed by atoms with E-state index in [9.17, 15) is 4.79 Å². The summed E-state index contributed by atoms with van der Waals surface area (Å²) in [5, 5.41) is 0.542. The lowest BCUT2D eigenvalue weighted by atomic mass is 10.1. The summed E-state index contributed by atoms with van der Waals surface area (Å²) >= 11 is 0. The van der Waals surface area contributed by atoms with Crippen molar-refractivity contribution >= 4 is 11.0 Å². The average Bonchev–Trinajstić information content (AvgIpc) is 2.84. The quantitative estimate of drug-likeness (QED) is 0.525. The molecule has 2 aromatic heterocycles. The maximum absolute atomic E-state index is 12.6. The molecule has 3 heterocycles. The summed E-state index contributed by atoms with van der Waals surface area (Å²) in [5.41, 5.74) is 2.36. The van der Waals surface area contributed by atoms with Gasteiger partial charge in [0, 0.05) is 12.6 Å². The molecule has 5 nitrogen and oxygen atoms in total. The van der Waals surface area contributed by atoms with Crippen LogP contribution in [0.15, 0.2) is 41.3 Å². The first-order chi connectivity index (χ1) is 9.78. The summed E-state index contributed by atoms with van der Waals surface area (Å²) in [6.45, 7) is 0. The Kier molecular flexibility index (Phi) is 2.18. The Morgan fingerprint density at radius 1 is 1.30 bits per heavy atom. The molecule has 0 radical (unpaired) electrons. The Balaban J connectivity index is 2.05. The van der Waals surface area contributed by atoms with E-state index in [1.165, 1.54) is 0 Å². The van der Waals surface area contributed by atoms with Crippen LogP contribution in [0.4, 0.5) is 0 Å². The molecule has 0 saturated heterocycles. The highest BCUT2D eigenvalue weighted by molar-refractivity contribution is 5.74. The summed E-state index contributed by atoms with van der Waals surface area (Å²) < 4.78 is 6.89. The van der Waals surface area contributed by atoms with Crippen molar-refractivity contribution in [3.8, 4) is 11.4 Å². The van der Waals surface area contributed by atoms with Gasteiger partial charge >= 0.3 is 0 Å². The number of fused-ring (bicyclic) bond motifs is 4. The predicted molar refractivity (Wildman–Crippen MR) is 74.5 cm³/mol. The van der Waals surface area contributed by atoms with E-state index in [0.717, 1.165) is 22.8 Å². The van der Waals surface area contributed by atoms with E-state index < -0.39 is 0 Å². The second-order valence-electron chi connectivity index (χ2n) is 4.71. The molecule has 0 spiro atoms. The van der Waals surface area contributed by atoms with Crippen LogP contribution in [0.25, 0.3) is 16.7 Å². The number of nitrogens with zero attached hydrogens (tertiary/aromatic N) is 3. The lowest BCUT2D eigenvalue weighted by molar-refractivity contribution is 0.414. The molecule has 1 aliphatic heterocycles. The van der Waals surface area contributed by atoms with E-state index in [0.29, 0.717) is 17.5 Å². The Morgan fingerprint density at radius 3 is 3.05 bits per heavy atom. The highest BCUT2D eigenvalue weighted by atomic mass is 16.5. The normalized spacial score (nSPS) is 12.2. The highest BCUT2D eigenvalue weighted by Gasteiger charge is 2.22. The number of pyridine rings is 1. The SMILES string of the molecule is COc1ccc2c(c1)Cc1nc3ncccc3c(=O)n1-2. The molecule has 3 aromatic rings. The molecule has 0 saturated carbocycles. The van der Waals surface area contributed by atoms with Gasteiger partial charge in [-0.15, -0.1) is 0 Å². The fourth-order valence-corrected chi connectivity index (χ4v) is 2.65. The van der Waals surface area contributed by atoms with Gasteiger partial charge in [-0.1, -0.05) is 0 Å². The second-order valence-corrected chi connectivity index (χ2v) is 4.71. The van der Waals surface area contributed by atoms with E-state index in [1.54, 1.807) is 30.0 Å². The molecule has 0 bridgehead atoms. The summed E-state index contributed by atoms with van der Waals surface area (Å²) in [5.74, 6) is 1.51. The number of hydrogen-bond donors (Lipinski definition) is 0. The van der Waals surface area contributed by atoms with E-state index in [2.05, 4.69) is 9.97 Å². The zero-order valence-electron chi connectivity index (χ0n) is 10.8. The predicted octanol–water partition coefficient (Wildman–Crippen LogP) is 1.69. The summed E-state index contributed by atoms with van der Waals surface area (Å²) in [6.07, 6.45) is 2.27. The zero-order valence-corrected chi connectivity index (χ0v) is 10.8. The molecule has 0 fully saturated rings. The van der Waals surface area contributed by atoms with Gasteiger partial charge in [-0.3, -0.25) is 9.36 Å². The summed E-state index contributed by atoms with van der Waals surface area (Å²) in [7, 11) is 1.63. The van der Waals surface area contributed by atoms with Crippen molar-refractivity contribution in [3.63, 3.8) is 0 Å². The van der Waals surface area contributed by atoms with Crippen molar-refractivity contribution in [2.45, 2.75) is 6.42 Å². The van der Waals surface area contributed by atoms with Crippen LogP contribution in [-0.4, -0.2) is 21.6 Å². The van der Waals surface area contributed by atoms with Crippen molar-refractivity contribution in [1.29, 1.82) is 0 Å². The lowest BCUT2D eigenvalue weighted by Crippen LogP contribution is -2.20. The fraction of sp³-hybridized carbons (Fsp3) is 0.133. The Morgan fingerprint density at radius 2 is 2.20 bits per heavy atom. The van der Waals surface area contributed by atoms with Gasteiger partial charge in [-0.2, -0.15) is 0 Å². The standard InChI is InChI=1S/C15H11N3O2/c1-20-10-4-5-12-9(7-10)8-13-17-14-11(3-2-6-16-14)15(19)18(12)13/h2-7H,8H2,1H3. The van der Waals surface area contributed by atoms with Crippen LogP contribution in [0.2, 0.25) is 0 Å². The molecule has 4 rings (SSSR count). The molecule has 0 N–H and O–H groups in total. The van der Waals surface area contributed by atoms with Crippen LogP contribution < -0.4 is 10.3 Å². The number of ether oxygens (including phenoxy) is 1. The van der Waals surface area contributed by atoms with Crippen molar-refractivity contribution in [3.05, 3.63) is 58.3 Å². The number of methoxy groups -OCH3 is 1. The second kappa shape index (κ2) is 3.90. The van der Waals surface area contributed by atoms with E-state index in [4.69, 9.17) is 4.74 Å². The molecule has 0 unspecified atom stereocenters. The van der Waals surface area contributed by atoms with Crippen LogP contribution in [0, 0.1) is 0 Å². The largest absolute Gasteiger partial charge is 0.497 e. The average molecular weight is 265 g/mol. The lowest BCUT2D eigenvalue weighted by Gasteiger charge is -2.06. The van der Waals surface area contributed by atoms with Crippen LogP contribution in [0.3, 0.4) is 0 Å². The van der Waals surface area contributed by atoms with E-state index in [1.807, 2.05) is 18.2 Å². The molecular weight excluding hydrogens is 254 g/mol. The Hall–Kier alpha value is -2.69. The smallest absolute Gasteiger partial charge is 0.267 e. The Bertz CT molecular complexity index is 899. The van der Waals surface area contributed by atoms with Gasteiger partial charge in [-0.05, 0) is 35.9 Å². The maximum Gasteiger partial charge on any atom is 0.267 e. The topological polar surface area (TPSA) is 57.0 Å². The van der Waals surface area contributed by atoms with Gasteiger partial charge in [0.25, 0.3) is 5.56 Å². The van der Waals surface area contributed by atoms with Crippen molar-refractivity contribution in [2.24, 2.45) is 0 Å². The van der Waals surface area contributed by atoms with Crippen molar-refractivity contribution in [2.75, 3.05) is 7.11 Å². The minimum absolute atomic E-state index is 0.0676. The molecule has 0 aliphatic carbocycles. The molecule has 1 aromatic carbocycles. The van der Waals surface area contributed by atoms with Crippen molar-refractivity contribution < 1.29 is 4.74 Å². The fourth-order valence-electron chi connectivity index (χ4n) is 2.65. The van der Waals surface area contributed by atoms with E-state index in [-0.39, 0.29) is 5.56 Å². The highest BCUT2D eigenvalue weighted by Crippen LogP contribution is 2.28. The minimum Gasteiger partial charge on any atom is -0.497 e. The molecular formula is C15H11N3O2. The third-order valence-corrected chi connectivity index (χ3v) is 3.59. The number of rotatable bonds is 1. The van der Waals surface area contributed by atoms with Gasteiger partial charge in [-0.25, -0.2) is 9.97 Å². The maximum atomic E-state index is 12.6. The van der Waals surface area contributed by atoms with Crippen LogP contribution >= 0.6 is 0 Å². The van der Waals surface area contributed by atoms with Gasteiger partial charge in [0.15, 0.2) is 5.65 Å². The van der Waals surface area contributed by atoms with Crippen LogP contribution in [-0.2, 0) is 6.42 Å². The molecule has 1 aliphatic rings. The number of hydrogen-bond acceptors (Lipinski definition) is 4. The minimum atomic E-state index is -0.0676. The van der Waals surface area contributed by atoms with Crippen LogP contribution in [0.5, 0.6) is 5.75 Å². The van der Waals surface area contributed by atoms with E-state index >= 15 is 0 Å². The molecule has 0 atom stereocenters. The van der Waals surface area contributed by atoms with Gasteiger partial charge in [0.2, 0.25) is 0 Å². The van der Waals surface area contributed by atoms with Gasteiger partial charge in [0.1, 0.15) is 11.6 Å². The molecule has 98 valence electrons. The third-order valence-electron chi connectivity index (χ3n) is 3.59. The molecule has 5 heteroatoms. The summed E-state index contributed by atoms with van der Waals surface area (Å²) in [6, 6.07) is 9.21. The molecule has 0 amide bonds. The van der Waals surface area contributed by atoms with Gasteiger partial charge in [0.05, 0.1) is 18.2 Å². The number of benzene rings is 1. The first-order valence-corrected chi connectivity index (χ1v) is 6.32. The monoisotopic (exact) mass is 265 g/mol. The molecule has 20 heavy (non-hydrogen) atoms. The first-order valence-electron chi connectivity index (χ1n) is 6.32.